The van der Waals surface area contributed by atoms with Crippen LogP contribution in [0.25, 0.3) is 10.8 Å². The average Bonchev–Trinajstić information content (AvgIpc) is 2.41. The first-order chi connectivity index (χ1) is 9.18. The summed E-state index contributed by atoms with van der Waals surface area (Å²) in [6.45, 7) is 3.50. The Hall–Kier alpha value is -1.29. The lowest BCUT2D eigenvalue weighted by molar-refractivity contribution is 0.188. The van der Waals surface area contributed by atoms with Crippen molar-refractivity contribution >= 4 is 22.4 Å². The van der Waals surface area contributed by atoms with Crippen molar-refractivity contribution in [2.45, 2.75) is 13.0 Å². The van der Waals surface area contributed by atoms with Crippen LogP contribution in [0.3, 0.4) is 0 Å². The molecular weight excluding hydrogens is 262 g/mol. The Morgan fingerprint density at radius 3 is 2.84 bits per heavy atom. The topological polar surface area (TPSA) is 41.5 Å². The van der Waals surface area contributed by atoms with Gasteiger partial charge in [0, 0.05) is 18.5 Å². The molecule has 0 radical (unpaired) electrons. The number of hydrogen-bond acceptors (Lipinski definition) is 3. The molecule has 0 unspecified atom stereocenters. The summed E-state index contributed by atoms with van der Waals surface area (Å²) in [4.78, 5) is 0. The van der Waals surface area contributed by atoms with E-state index >= 15 is 0 Å². The molecule has 3 nitrogen and oxygen atoms in total. The minimum atomic E-state index is -0.343. The van der Waals surface area contributed by atoms with E-state index in [9.17, 15) is 0 Å². The van der Waals surface area contributed by atoms with E-state index in [2.05, 4.69) is 5.32 Å². The van der Waals surface area contributed by atoms with Crippen molar-refractivity contribution in [3.63, 3.8) is 0 Å². The van der Waals surface area contributed by atoms with Gasteiger partial charge >= 0.3 is 0 Å². The maximum Gasteiger partial charge on any atom is 0.138 e. The predicted molar refractivity (Wildman–Crippen MR) is 79.0 cm³/mol. The van der Waals surface area contributed by atoms with Gasteiger partial charge in [-0.3, -0.25) is 0 Å². The highest BCUT2D eigenvalue weighted by atomic mass is 35.5. The molecule has 0 aromatic heterocycles. The summed E-state index contributed by atoms with van der Waals surface area (Å²) in [7, 11) is 0. The largest absolute Gasteiger partial charge is 0.491 e. The fourth-order valence-corrected chi connectivity index (χ4v) is 2.16. The number of benzene rings is 2. The smallest absolute Gasteiger partial charge is 0.138 e. The van der Waals surface area contributed by atoms with E-state index in [1.165, 1.54) is 0 Å². The molecule has 4 heteroatoms. The van der Waals surface area contributed by atoms with Gasteiger partial charge in [0.1, 0.15) is 12.4 Å². The van der Waals surface area contributed by atoms with Gasteiger partial charge in [0.05, 0.1) is 11.1 Å². The number of aliphatic hydroxyl groups is 1. The summed E-state index contributed by atoms with van der Waals surface area (Å²) in [5.41, 5.74) is 0. The highest BCUT2D eigenvalue weighted by Gasteiger charge is 2.05. The molecule has 0 amide bonds. The van der Waals surface area contributed by atoms with Gasteiger partial charge in [-0.1, -0.05) is 41.9 Å². The second kappa shape index (κ2) is 6.75. The van der Waals surface area contributed by atoms with Crippen LogP contribution in [0.15, 0.2) is 36.4 Å². The van der Waals surface area contributed by atoms with Crippen molar-refractivity contribution in [2.24, 2.45) is 0 Å². The Morgan fingerprint density at radius 1 is 1.26 bits per heavy atom. The van der Waals surface area contributed by atoms with E-state index in [4.69, 9.17) is 21.4 Å². The lowest BCUT2D eigenvalue weighted by atomic mass is 10.1. The minimum absolute atomic E-state index is 0.343. The van der Waals surface area contributed by atoms with Crippen molar-refractivity contribution in [2.75, 3.05) is 19.7 Å². The number of nitrogens with one attached hydrogen (secondary N) is 1. The number of halogens is 1. The van der Waals surface area contributed by atoms with Crippen molar-refractivity contribution < 1.29 is 9.84 Å². The van der Waals surface area contributed by atoms with Gasteiger partial charge in [0.25, 0.3) is 0 Å². The van der Waals surface area contributed by atoms with Crippen LogP contribution in [-0.2, 0) is 0 Å². The maximum atomic E-state index is 9.11. The number of rotatable bonds is 6. The van der Waals surface area contributed by atoms with Crippen LogP contribution in [0.4, 0.5) is 0 Å². The molecule has 0 saturated heterocycles. The fraction of sp³-hybridized carbons (Fsp3) is 0.333. The Labute approximate surface area is 118 Å². The quantitative estimate of drug-likeness (QED) is 0.799. The fourth-order valence-electron chi connectivity index (χ4n) is 1.87. The van der Waals surface area contributed by atoms with E-state index in [1.807, 2.05) is 36.4 Å². The average molecular weight is 280 g/mol. The molecule has 2 rings (SSSR count). The van der Waals surface area contributed by atoms with Gasteiger partial charge in [0.15, 0.2) is 0 Å². The molecule has 0 aliphatic heterocycles. The molecule has 2 aromatic carbocycles. The van der Waals surface area contributed by atoms with E-state index in [0.717, 1.165) is 10.8 Å². The molecule has 2 aromatic rings. The molecule has 0 aliphatic carbocycles. The van der Waals surface area contributed by atoms with Crippen molar-refractivity contribution in [3.05, 3.63) is 41.4 Å². The highest BCUT2D eigenvalue weighted by Crippen LogP contribution is 2.32. The molecule has 1 atom stereocenters. The van der Waals surface area contributed by atoms with Crippen molar-refractivity contribution in [1.29, 1.82) is 0 Å². The molecule has 0 fully saturated rings. The van der Waals surface area contributed by atoms with E-state index in [1.54, 1.807) is 6.92 Å². The van der Waals surface area contributed by atoms with Gasteiger partial charge in [0.2, 0.25) is 0 Å². The SMILES string of the molecule is C[C@H](O)CNCCOc1ccc2ccccc2c1Cl. The number of aliphatic hydroxyl groups excluding tert-OH is 1. The Bertz CT molecular complexity index is 543. The maximum absolute atomic E-state index is 9.11. The second-order valence-electron chi connectivity index (χ2n) is 4.50. The van der Waals surface area contributed by atoms with Crippen molar-refractivity contribution in [3.8, 4) is 5.75 Å². The normalized spacial score (nSPS) is 12.6. The summed E-state index contributed by atoms with van der Waals surface area (Å²) >= 11 is 6.32. The van der Waals surface area contributed by atoms with Gasteiger partial charge in [-0.25, -0.2) is 0 Å². The van der Waals surface area contributed by atoms with Crippen molar-refractivity contribution in [1.82, 2.24) is 5.32 Å². The third kappa shape index (κ3) is 3.83. The van der Waals surface area contributed by atoms with Crippen LogP contribution in [0.2, 0.25) is 5.02 Å². The first kappa shape index (κ1) is 14.1. The van der Waals surface area contributed by atoms with Gasteiger partial charge in [-0.15, -0.1) is 0 Å². The first-order valence-electron chi connectivity index (χ1n) is 6.37. The lowest BCUT2D eigenvalue weighted by Crippen LogP contribution is -2.28. The Kier molecular flexibility index (Phi) is 5.02. The summed E-state index contributed by atoms with van der Waals surface area (Å²) < 4.78 is 5.65. The monoisotopic (exact) mass is 279 g/mol. The van der Waals surface area contributed by atoms with Crippen LogP contribution >= 0.6 is 11.6 Å². The van der Waals surface area contributed by atoms with Crippen LogP contribution in [0, 0.1) is 0 Å². The lowest BCUT2D eigenvalue weighted by Gasteiger charge is -2.11. The molecule has 0 saturated carbocycles. The second-order valence-corrected chi connectivity index (χ2v) is 4.88. The molecule has 2 N–H and O–H groups in total. The standard InChI is InChI=1S/C15H18ClNO2/c1-11(18)10-17-8-9-19-14-7-6-12-4-2-3-5-13(12)15(14)16/h2-7,11,17-18H,8-10H2,1H3/t11-/m0/s1. The number of ether oxygens (including phenoxy) is 1. The predicted octanol–water partition coefficient (Wildman–Crippen LogP) is 2.84. The summed E-state index contributed by atoms with van der Waals surface area (Å²) in [5, 5.41) is 14.9. The highest BCUT2D eigenvalue weighted by molar-refractivity contribution is 6.37. The molecule has 102 valence electrons. The third-order valence-electron chi connectivity index (χ3n) is 2.80. The number of fused-ring (bicyclic) bond motifs is 1. The zero-order valence-electron chi connectivity index (χ0n) is 10.9. The summed E-state index contributed by atoms with van der Waals surface area (Å²) in [6.07, 6.45) is -0.343. The summed E-state index contributed by atoms with van der Waals surface area (Å²) in [5.74, 6) is 0.694. The van der Waals surface area contributed by atoms with E-state index in [-0.39, 0.29) is 6.10 Å². The zero-order chi connectivity index (χ0) is 13.7. The van der Waals surface area contributed by atoms with Gasteiger partial charge in [-0.2, -0.15) is 0 Å². The van der Waals surface area contributed by atoms with Gasteiger partial charge in [-0.05, 0) is 18.4 Å². The third-order valence-corrected chi connectivity index (χ3v) is 3.19. The molecule has 0 spiro atoms. The van der Waals surface area contributed by atoms with E-state index < -0.39 is 0 Å². The van der Waals surface area contributed by atoms with Gasteiger partial charge < -0.3 is 15.2 Å². The Balaban J connectivity index is 1.96. The molecule has 0 aliphatic rings. The number of hydrogen-bond donors (Lipinski definition) is 2. The van der Waals surface area contributed by atoms with Crippen LogP contribution in [0.5, 0.6) is 5.75 Å². The van der Waals surface area contributed by atoms with Crippen LogP contribution < -0.4 is 10.1 Å². The van der Waals surface area contributed by atoms with Crippen LogP contribution in [-0.4, -0.2) is 30.9 Å². The minimum Gasteiger partial charge on any atom is -0.491 e. The Morgan fingerprint density at radius 2 is 2.05 bits per heavy atom. The molecule has 0 heterocycles. The molecule has 19 heavy (non-hydrogen) atoms. The first-order valence-corrected chi connectivity index (χ1v) is 6.75. The van der Waals surface area contributed by atoms with Crippen LogP contribution in [0.1, 0.15) is 6.92 Å². The van der Waals surface area contributed by atoms with E-state index in [0.29, 0.717) is 30.5 Å². The zero-order valence-corrected chi connectivity index (χ0v) is 11.7. The molecular formula is C15H18ClNO2. The summed E-state index contributed by atoms with van der Waals surface area (Å²) in [6, 6.07) is 11.8. The molecule has 0 bridgehead atoms.